The molecule has 0 aromatic heterocycles. The van der Waals surface area contributed by atoms with Crippen LogP contribution in [0.25, 0.3) is 0 Å². The quantitative estimate of drug-likeness (QED) is 0.499. The number of hydrogen-bond acceptors (Lipinski definition) is 1. The Labute approximate surface area is 73.2 Å². The van der Waals surface area contributed by atoms with Crippen molar-refractivity contribution in [3.63, 3.8) is 0 Å². The third-order valence-corrected chi connectivity index (χ3v) is 2.87. The van der Waals surface area contributed by atoms with Gasteiger partial charge in [0.05, 0.1) is 0 Å². The van der Waals surface area contributed by atoms with E-state index in [-0.39, 0.29) is 5.91 Å². The first kappa shape index (κ1) is 7.84. The first-order valence-electron chi connectivity index (χ1n) is 4.48. The van der Waals surface area contributed by atoms with Crippen molar-refractivity contribution < 1.29 is 4.79 Å². The van der Waals surface area contributed by atoms with Crippen LogP contribution >= 0.6 is 0 Å². The zero-order valence-corrected chi connectivity index (χ0v) is 7.76. The predicted molar refractivity (Wildman–Crippen MR) is 47.7 cm³/mol. The summed E-state index contributed by atoms with van der Waals surface area (Å²) in [4.78, 5) is 13.5. The summed E-state index contributed by atoms with van der Waals surface area (Å²) in [7, 11) is 0. The minimum Gasteiger partial charge on any atom is -0.335 e. The lowest BCUT2D eigenvalue weighted by molar-refractivity contribution is -0.125. The van der Waals surface area contributed by atoms with Gasteiger partial charge in [0.25, 0.3) is 0 Å². The third-order valence-electron chi connectivity index (χ3n) is 2.87. The monoisotopic (exact) mass is 165 g/mol. The summed E-state index contributed by atoms with van der Waals surface area (Å²) in [5, 5.41) is 0. The SMILES string of the molecule is C=C1C[C@H]2CC(C)(C)CN2C1=O. The van der Waals surface area contributed by atoms with Gasteiger partial charge in [-0.25, -0.2) is 0 Å². The molecule has 66 valence electrons. The highest BCUT2D eigenvalue weighted by molar-refractivity contribution is 5.95. The summed E-state index contributed by atoms with van der Waals surface area (Å²) >= 11 is 0. The highest BCUT2D eigenvalue weighted by Crippen LogP contribution is 2.40. The lowest BCUT2D eigenvalue weighted by Crippen LogP contribution is -2.28. The Bertz CT molecular complexity index is 255. The van der Waals surface area contributed by atoms with Crippen LogP contribution in [0.2, 0.25) is 0 Å². The van der Waals surface area contributed by atoms with E-state index in [9.17, 15) is 4.79 Å². The third kappa shape index (κ3) is 0.977. The summed E-state index contributed by atoms with van der Waals surface area (Å²) in [6.07, 6.45) is 2.03. The smallest absolute Gasteiger partial charge is 0.249 e. The van der Waals surface area contributed by atoms with Crippen LogP contribution in [-0.4, -0.2) is 23.4 Å². The molecule has 2 aliphatic rings. The highest BCUT2D eigenvalue weighted by atomic mass is 16.2. The molecule has 2 heterocycles. The second-order valence-electron chi connectivity index (χ2n) is 4.76. The number of fused-ring (bicyclic) bond motifs is 1. The average Bonchev–Trinajstić information content (AvgIpc) is 2.33. The molecule has 2 rings (SSSR count). The van der Waals surface area contributed by atoms with Crippen molar-refractivity contribution in [2.24, 2.45) is 5.41 Å². The molecule has 2 fully saturated rings. The van der Waals surface area contributed by atoms with Crippen LogP contribution in [0.5, 0.6) is 0 Å². The fourth-order valence-corrected chi connectivity index (χ4v) is 2.40. The van der Waals surface area contributed by atoms with Crippen molar-refractivity contribution in [3.05, 3.63) is 12.2 Å². The normalized spacial score (nSPS) is 32.8. The van der Waals surface area contributed by atoms with Crippen LogP contribution in [0.1, 0.15) is 26.7 Å². The maximum absolute atomic E-state index is 11.5. The summed E-state index contributed by atoms with van der Waals surface area (Å²) in [5.74, 6) is 0.186. The average molecular weight is 165 g/mol. The van der Waals surface area contributed by atoms with Gasteiger partial charge >= 0.3 is 0 Å². The second-order valence-corrected chi connectivity index (χ2v) is 4.76. The molecule has 0 aromatic rings. The number of carbonyl (C=O) groups is 1. The number of carbonyl (C=O) groups excluding carboxylic acids is 1. The Kier molecular flexibility index (Phi) is 1.39. The summed E-state index contributed by atoms with van der Waals surface area (Å²) in [6.45, 7) is 9.13. The molecule has 0 N–H and O–H groups in total. The molecule has 2 saturated heterocycles. The van der Waals surface area contributed by atoms with Gasteiger partial charge in [-0.3, -0.25) is 4.79 Å². The molecular formula is C10H15NO. The van der Waals surface area contributed by atoms with E-state index in [2.05, 4.69) is 20.4 Å². The van der Waals surface area contributed by atoms with Gasteiger partial charge in [0.2, 0.25) is 5.91 Å². The molecule has 0 spiro atoms. The van der Waals surface area contributed by atoms with Crippen LogP contribution in [0, 0.1) is 5.41 Å². The standard InChI is InChI=1S/C10H15NO/c1-7-4-8-5-10(2,3)6-11(8)9(7)12/h8H,1,4-6H2,2-3H3/t8-/m0/s1. The number of hydrogen-bond donors (Lipinski definition) is 0. The number of rotatable bonds is 0. The summed E-state index contributed by atoms with van der Waals surface area (Å²) in [6, 6.07) is 0.458. The summed E-state index contributed by atoms with van der Waals surface area (Å²) in [5.41, 5.74) is 1.12. The fourth-order valence-electron chi connectivity index (χ4n) is 2.40. The van der Waals surface area contributed by atoms with Gasteiger partial charge in [0.15, 0.2) is 0 Å². The van der Waals surface area contributed by atoms with E-state index < -0.39 is 0 Å². The van der Waals surface area contributed by atoms with E-state index >= 15 is 0 Å². The van der Waals surface area contributed by atoms with Gasteiger partial charge in [-0.1, -0.05) is 20.4 Å². The molecule has 0 bridgehead atoms. The van der Waals surface area contributed by atoms with Crippen molar-refractivity contribution in [1.82, 2.24) is 4.90 Å². The molecule has 0 radical (unpaired) electrons. The van der Waals surface area contributed by atoms with Crippen molar-refractivity contribution in [3.8, 4) is 0 Å². The van der Waals surface area contributed by atoms with Crippen molar-refractivity contribution >= 4 is 5.91 Å². The zero-order chi connectivity index (χ0) is 8.93. The Balaban J connectivity index is 2.21. The molecule has 2 aliphatic heterocycles. The van der Waals surface area contributed by atoms with Crippen LogP contribution in [-0.2, 0) is 4.79 Å². The largest absolute Gasteiger partial charge is 0.335 e. The predicted octanol–water partition coefficient (Wildman–Crippen LogP) is 1.57. The van der Waals surface area contributed by atoms with Crippen LogP contribution < -0.4 is 0 Å². The minimum absolute atomic E-state index is 0.186. The van der Waals surface area contributed by atoms with Gasteiger partial charge in [-0.05, 0) is 18.3 Å². The number of nitrogens with zero attached hydrogens (tertiary/aromatic N) is 1. The van der Waals surface area contributed by atoms with Gasteiger partial charge < -0.3 is 4.90 Å². The first-order chi connectivity index (χ1) is 5.49. The topological polar surface area (TPSA) is 20.3 Å². The maximum atomic E-state index is 11.5. The van der Waals surface area contributed by atoms with E-state index in [1.807, 2.05) is 4.90 Å². The van der Waals surface area contributed by atoms with E-state index in [0.717, 1.165) is 25.0 Å². The van der Waals surface area contributed by atoms with E-state index in [4.69, 9.17) is 0 Å². The molecule has 0 unspecified atom stereocenters. The molecule has 2 heteroatoms. The van der Waals surface area contributed by atoms with Crippen molar-refractivity contribution in [2.45, 2.75) is 32.7 Å². The molecule has 0 aliphatic carbocycles. The van der Waals surface area contributed by atoms with E-state index in [1.165, 1.54) is 0 Å². The van der Waals surface area contributed by atoms with Crippen LogP contribution in [0.4, 0.5) is 0 Å². The molecular weight excluding hydrogens is 150 g/mol. The van der Waals surface area contributed by atoms with Gasteiger partial charge in [0.1, 0.15) is 0 Å². The Morgan fingerprint density at radius 3 is 2.83 bits per heavy atom. The Hall–Kier alpha value is -0.790. The Morgan fingerprint density at radius 1 is 1.58 bits per heavy atom. The molecule has 1 amide bonds. The molecule has 2 nitrogen and oxygen atoms in total. The lowest BCUT2D eigenvalue weighted by atomic mass is 9.89. The van der Waals surface area contributed by atoms with Crippen molar-refractivity contribution in [1.29, 1.82) is 0 Å². The molecule has 12 heavy (non-hydrogen) atoms. The molecule has 0 saturated carbocycles. The first-order valence-corrected chi connectivity index (χ1v) is 4.48. The van der Waals surface area contributed by atoms with E-state index in [1.54, 1.807) is 0 Å². The summed E-state index contributed by atoms with van der Waals surface area (Å²) < 4.78 is 0. The Morgan fingerprint density at radius 2 is 2.25 bits per heavy atom. The minimum atomic E-state index is 0.186. The fraction of sp³-hybridized carbons (Fsp3) is 0.700. The lowest BCUT2D eigenvalue weighted by Gasteiger charge is -2.17. The van der Waals surface area contributed by atoms with Crippen LogP contribution in [0.3, 0.4) is 0 Å². The highest BCUT2D eigenvalue weighted by Gasteiger charge is 2.44. The van der Waals surface area contributed by atoms with Gasteiger partial charge in [-0.2, -0.15) is 0 Å². The zero-order valence-electron chi connectivity index (χ0n) is 7.76. The van der Waals surface area contributed by atoms with Crippen LogP contribution in [0.15, 0.2) is 12.2 Å². The number of amides is 1. The second kappa shape index (κ2) is 2.12. The maximum Gasteiger partial charge on any atom is 0.249 e. The molecule has 0 aromatic carbocycles. The van der Waals surface area contributed by atoms with Gasteiger partial charge in [0, 0.05) is 18.2 Å². The molecule has 1 atom stereocenters. The van der Waals surface area contributed by atoms with E-state index in [0.29, 0.717) is 11.5 Å². The van der Waals surface area contributed by atoms with Gasteiger partial charge in [-0.15, -0.1) is 0 Å². The van der Waals surface area contributed by atoms with Crippen molar-refractivity contribution in [2.75, 3.05) is 6.54 Å².